The first-order valence-corrected chi connectivity index (χ1v) is 42.2. The molecule has 3 aliphatic heterocycles. The minimum Gasteiger partial charge on any atom is -0.477 e. The molecule has 3 fully saturated rings. The average Bonchev–Trinajstić information content (AvgIpc) is 0.753. The van der Waals surface area contributed by atoms with E-state index in [0.29, 0.717) is 12.8 Å². The molecule has 0 saturated carbocycles. The van der Waals surface area contributed by atoms with Gasteiger partial charge in [-0.05, 0) is 44.9 Å². The number of aliphatic hydroxyl groups is 11. The number of hydrogen-bond acceptors (Lipinski definition) is 20. The van der Waals surface area contributed by atoms with Crippen LogP contribution < -0.4 is 10.6 Å². The summed E-state index contributed by atoms with van der Waals surface area (Å²) < 4.78 is 34.9. The maximum absolute atomic E-state index is 13.6. The van der Waals surface area contributed by atoms with Gasteiger partial charge in [-0.15, -0.1) is 0 Å². The van der Waals surface area contributed by atoms with Gasteiger partial charge in [0.05, 0.1) is 50.7 Å². The van der Waals surface area contributed by atoms with Crippen molar-refractivity contribution in [2.75, 3.05) is 26.4 Å². The quantitative estimate of drug-likeness (QED) is 0.0199. The third-order valence-corrected chi connectivity index (χ3v) is 21.4. The van der Waals surface area contributed by atoms with E-state index in [1.165, 1.54) is 250 Å². The Labute approximate surface area is 632 Å². The molecule has 105 heavy (non-hydrogen) atoms. The summed E-state index contributed by atoms with van der Waals surface area (Å²) in [7, 11) is 0. The molecular formula is C82H152N2O21. The number of allylic oxidation sites excluding steroid dienone is 3. The Balaban J connectivity index is 1.50. The van der Waals surface area contributed by atoms with Crippen LogP contribution >= 0.6 is 0 Å². The van der Waals surface area contributed by atoms with Crippen molar-refractivity contribution in [3.05, 3.63) is 24.3 Å². The van der Waals surface area contributed by atoms with Crippen molar-refractivity contribution in [3.63, 3.8) is 0 Å². The lowest BCUT2D eigenvalue weighted by Crippen LogP contribution is -2.70. The predicted octanol–water partition coefficient (Wildman–Crippen LogP) is 11.9. The Morgan fingerprint density at radius 1 is 0.495 bits per heavy atom. The first-order valence-electron chi connectivity index (χ1n) is 42.2. The zero-order chi connectivity index (χ0) is 76.7. The highest BCUT2D eigenvalue weighted by Gasteiger charge is 2.60. The third kappa shape index (κ3) is 40.8. The highest BCUT2D eigenvalue weighted by Crippen LogP contribution is 2.39. The van der Waals surface area contributed by atoms with Crippen LogP contribution in [0, 0.1) is 0 Å². The lowest BCUT2D eigenvalue weighted by Gasteiger charge is -2.50. The lowest BCUT2D eigenvalue weighted by molar-refractivity contribution is -0.386. The second kappa shape index (κ2) is 60.9. The fourth-order valence-corrected chi connectivity index (χ4v) is 14.7. The Bertz CT molecular complexity index is 2180. The number of aliphatic carboxylic acids is 1. The van der Waals surface area contributed by atoms with Crippen LogP contribution in [0.3, 0.4) is 0 Å². The minimum absolute atomic E-state index is 0.202. The van der Waals surface area contributed by atoms with Crippen LogP contribution in [-0.2, 0) is 42.8 Å². The highest BCUT2D eigenvalue weighted by atomic mass is 16.8. The molecule has 3 saturated heterocycles. The normalized spacial score (nSPS) is 26.3. The van der Waals surface area contributed by atoms with Crippen LogP contribution in [0.25, 0.3) is 0 Å². The Kier molecular flexibility index (Phi) is 55.9. The molecule has 14 N–H and O–H groups in total. The molecule has 3 rings (SSSR count). The first-order chi connectivity index (χ1) is 50.9. The van der Waals surface area contributed by atoms with Crippen molar-refractivity contribution < 1.29 is 104 Å². The molecule has 3 aliphatic rings. The summed E-state index contributed by atoms with van der Waals surface area (Å²) in [6.07, 6.45) is 39.3. The number of carboxylic acids is 1. The molecule has 18 atom stereocenters. The van der Waals surface area contributed by atoms with E-state index in [2.05, 4.69) is 36.6 Å². The van der Waals surface area contributed by atoms with E-state index in [4.69, 9.17) is 28.4 Å². The number of amides is 2. The summed E-state index contributed by atoms with van der Waals surface area (Å²) in [4.78, 5) is 38.7. The number of unbranched alkanes of at least 4 members (excludes halogenated alkanes) is 45. The molecule has 0 spiro atoms. The third-order valence-electron chi connectivity index (χ3n) is 21.4. The van der Waals surface area contributed by atoms with E-state index in [9.17, 15) is 75.7 Å². The summed E-state index contributed by atoms with van der Waals surface area (Å²) in [5.74, 6) is -6.14. The smallest absolute Gasteiger partial charge is 0.364 e. The molecule has 0 aromatic carbocycles. The van der Waals surface area contributed by atoms with Gasteiger partial charge in [0.25, 0.3) is 5.79 Å². The molecule has 0 radical (unpaired) electrons. The van der Waals surface area contributed by atoms with Crippen molar-refractivity contribution >= 4 is 17.8 Å². The van der Waals surface area contributed by atoms with Crippen LogP contribution in [0.2, 0.25) is 0 Å². The number of ether oxygens (including phenoxy) is 6. The number of aliphatic hydroxyl groups excluding tert-OH is 11. The van der Waals surface area contributed by atoms with Gasteiger partial charge < -0.3 is 100 Å². The van der Waals surface area contributed by atoms with Crippen LogP contribution in [0.15, 0.2) is 24.3 Å². The molecule has 0 aliphatic carbocycles. The summed E-state index contributed by atoms with van der Waals surface area (Å²) in [6, 6.07) is -2.62. The Hall–Kier alpha value is -2.79. The molecule has 23 heteroatoms. The number of rotatable bonds is 67. The van der Waals surface area contributed by atoms with Gasteiger partial charge >= 0.3 is 5.97 Å². The SMILES string of the molecule is CCCCCCCCCCCCCC/C=C\CCCCCCCCCCCCCCCC(=O)NC(COC1OC(CO)C(OC2OC(CO)C(O)C(OC3(C(=O)O)CC(O)C(NC(C)=O)C(C(O)C(O)CO)O3)C2O)C(O)C1O)C(O)/C=C/CCCCCCCCCCCCCCCCCCCCCC. The summed E-state index contributed by atoms with van der Waals surface area (Å²) in [5.41, 5.74) is 0. The molecule has 0 aromatic heterocycles. The van der Waals surface area contributed by atoms with Crippen molar-refractivity contribution in [3.8, 4) is 0 Å². The summed E-state index contributed by atoms with van der Waals surface area (Å²) in [5, 5.41) is 137. The predicted molar refractivity (Wildman–Crippen MR) is 408 cm³/mol. The molecule has 0 aromatic rings. The molecular weight excluding hydrogens is 1350 g/mol. The minimum atomic E-state index is -3.08. The maximum atomic E-state index is 13.6. The fraction of sp³-hybridized carbons (Fsp3) is 0.915. The summed E-state index contributed by atoms with van der Waals surface area (Å²) >= 11 is 0. The zero-order valence-corrected chi connectivity index (χ0v) is 65.3. The van der Waals surface area contributed by atoms with E-state index >= 15 is 0 Å². The Morgan fingerprint density at radius 2 is 0.895 bits per heavy atom. The van der Waals surface area contributed by atoms with Crippen LogP contribution in [0.4, 0.5) is 0 Å². The van der Waals surface area contributed by atoms with Gasteiger partial charge in [0.15, 0.2) is 12.6 Å². The number of nitrogens with one attached hydrogen (secondary N) is 2. The largest absolute Gasteiger partial charge is 0.477 e. The van der Waals surface area contributed by atoms with Gasteiger partial charge in [-0.3, -0.25) is 9.59 Å². The monoisotopic (exact) mass is 1500 g/mol. The van der Waals surface area contributed by atoms with Crippen molar-refractivity contribution in [1.29, 1.82) is 0 Å². The lowest BCUT2D eigenvalue weighted by atomic mass is 9.88. The zero-order valence-electron chi connectivity index (χ0n) is 65.3. The topological polar surface area (TPSA) is 373 Å². The molecule has 23 nitrogen and oxygen atoms in total. The van der Waals surface area contributed by atoms with E-state index in [0.717, 1.165) is 51.9 Å². The molecule has 616 valence electrons. The van der Waals surface area contributed by atoms with E-state index in [-0.39, 0.29) is 12.3 Å². The molecule has 18 unspecified atom stereocenters. The van der Waals surface area contributed by atoms with Crippen molar-refractivity contribution in [1.82, 2.24) is 10.6 Å². The number of carboxylic acid groups (broad SMARTS) is 1. The van der Waals surface area contributed by atoms with Crippen LogP contribution in [0.1, 0.15) is 342 Å². The van der Waals surface area contributed by atoms with Crippen LogP contribution in [-0.4, -0.2) is 215 Å². The first kappa shape index (κ1) is 96.4. The summed E-state index contributed by atoms with van der Waals surface area (Å²) in [6.45, 7) is 2.20. The van der Waals surface area contributed by atoms with Gasteiger partial charge in [-0.25, -0.2) is 4.79 Å². The van der Waals surface area contributed by atoms with E-state index in [1.807, 2.05) is 6.08 Å². The second-order valence-corrected chi connectivity index (χ2v) is 30.7. The number of carbonyl (C=O) groups excluding carboxylic acids is 2. The van der Waals surface area contributed by atoms with Gasteiger partial charge in [0, 0.05) is 19.8 Å². The van der Waals surface area contributed by atoms with Gasteiger partial charge in [0.1, 0.15) is 67.1 Å². The average molecular weight is 1500 g/mol. The number of hydrogen-bond donors (Lipinski definition) is 14. The maximum Gasteiger partial charge on any atom is 0.364 e. The fourth-order valence-electron chi connectivity index (χ4n) is 14.7. The van der Waals surface area contributed by atoms with Crippen LogP contribution in [0.5, 0.6) is 0 Å². The van der Waals surface area contributed by atoms with Gasteiger partial charge in [0.2, 0.25) is 11.8 Å². The molecule has 2 amide bonds. The van der Waals surface area contributed by atoms with Crippen molar-refractivity contribution in [2.45, 2.75) is 452 Å². The van der Waals surface area contributed by atoms with E-state index in [1.54, 1.807) is 6.08 Å². The Morgan fingerprint density at radius 3 is 1.30 bits per heavy atom. The molecule has 0 bridgehead atoms. The highest BCUT2D eigenvalue weighted by molar-refractivity contribution is 5.77. The standard InChI is InChI=1S/C82H152N2O21/c1-4-6-8-10-12-14-16-18-20-22-24-26-28-29-30-31-32-33-34-36-38-40-42-44-46-48-50-52-54-56-69(92)84-63(64(89)55-53-51-49-47-45-43-41-39-37-35-27-25-23-21-19-17-15-13-11-9-7-5-2)61-100-79-74(96)73(95)76(68(60-87)102-79)103-80-75(97)78(72(94)67(59-86)101-80)105-82(81(98)99)57-65(90)70(83-62(3)88)77(104-82)71(93)66(91)58-85/h29-30,53,55,63-68,70-80,85-87,89-91,93-97H,4-28,31-52,54,56-61H2,1-3H3,(H,83,88)(H,84,92)(H,98,99)/b30-29-,55-53+. The van der Waals surface area contributed by atoms with E-state index < -0.39 is 155 Å². The number of carbonyl (C=O) groups is 3. The van der Waals surface area contributed by atoms with Crippen molar-refractivity contribution in [2.24, 2.45) is 0 Å². The van der Waals surface area contributed by atoms with Gasteiger partial charge in [-0.1, -0.05) is 301 Å². The molecule has 3 heterocycles. The second-order valence-electron chi connectivity index (χ2n) is 30.7. The van der Waals surface area contributed by atoms with Gasteiger partial charge in [-0.2, -0.15) is 0 Å².